The van der Waals surface area contributed by atoms with Crippen molar-refractivity contribution in [2.75, 3.05) is 7.05 Å². The first-order chi connectivity index (χ1) is 12.0. The van der Waals surface area contributed by atoms with E-state index in [-0.39, 0.29) is 23.6 Å². The Morgan fingerprint density at radius 3 is 2.40 bits per heavy atom. The number of amides is 1. The molecule has 1 unspecified atom stereocenters. The van der Waals surface area contributed by atoms with Crippen LogP contribution in [0.1, 0.15) is 35.0 Å². The second-order valence-corrected chi connectivity index (χ2v) is 5.87. The van der Waals surface area contributed by atoms with Gasteiger partial charge in [-0.1, -0.05) is 30.3 Å². The number of hydrogen-bond acceptors (Lipinski definition) is 3. The van der Waals surface area contributed by atoms with Crippen LogP contribution in [0.15, 0.2) is 54.6 Å². The fourth-order valence-corrected chi connectivity index (χ4v) is 2.60. The van der Waals surface area contributed by atoms with Crippen molar-refractivity contribution in [2.45, 2.75) is 19.9 Å². The average molecular weight is 338 g/mol. The molecule has 0 radical (unpaired) electrons. The van der Waals surface area contributed by atoms with Gasteiger partial charge in [-0.25, -0.2) is 14.1 Å². The van der Waals surface area contributed by atoms with Crippen LogP contribution in [0.25, 0.3) is 5.69 Å². The summed E-state index contributed by atoms with van der Waals surface area (Å²) >= 11 is 0. The summed E-state index contributed by atoms with van der Waals surface area (Å²) in [6, 6.07) is 15.6. The molecular weight excluding hydrogens is 319 g/mol. The maximum atomic E-state index is 13.1. The highest BCUT2D eigenvalue weighted by molar-refractivity contribution is 5.90. The summed E-state index contributed by atoms with van der Waals surface area (Å²) < 4.78 is 14.6. The van der Waals surface area contributed by atoms with Gasteiger partial charge in [-0.3, -0.25) is 4.79 Å². The fourth-order valence-electron chi connectivity index (χ4n) is 2.60. The van der Waals surface area contributed by atoms with Crippen molar-refractivity contribution in [3.63, 3.8) is 0 Å². The van der Waals surface area contributed by atoms with Crippen molar-refractivity contribution in [1.82, 2.24) is 19.7 Å². The molecule has 2 aromatic carbocycles. The van der Waals surface area contributed by atoms with Gasteiger partial charge in [0.15, 0.2) is 0 Å². The molecule has 25 heavy (non-hydrogen) atoms. The number of benzene rings is 2. The monoisotopic (exact) mass is 338 g/mol. The smallest absolute Gasteiger partial charge is 0.293 e. The number of carbonyl (C=O) groups is 1. The highest BCUT2D eigenvalue weighted by Crippen LogP contribution is 2.20. The molecule has 1 amide bonds. The molecule has 1 atom stereocenters. The Morgan fingerprint density at radius 1 is 1.12 bits per heavy atom. The molecule has 0 N–H and O–H groups in total. The predicted octanol–water partition coefficient (Wildman–Crippen LogP) is 3.55. The van der Waals surface area contributed by atoms with Gasteiger partial charge >= 0.3 is 0 Å². The van der Waals surface area contributed by atoms with E-state index in [1.54, 1.807) is 31.0 Å². The molecule has 3 aromatic rings. The number of aryl methyl sites for hydroxylation is 1. The number of carbonyl (C=O) groups excluding carboxylic acids is 1. The summed E-state index contributed by atoms with van der Waals surface area (Å²) in [5.41, 5.74) is 1.69. The Bertz CT molecular complexity index is 874. The summed E-state index contributed by atoms with van der Waals surface area (Å²) in [6.45, 7) is 3.71. The summed E-state index contributed by atoms with van der Waals surface area (Å²) in [5.74, 6) is 0.0948. The Hall–Kier alpha value is -3.02. The Labute approximate surface area is 145 Å². The second kappa shape index (κ2) is 6.84. The largest absolute Gasteiger partial charge is 0.332 e. The summed E-state index contributed by atoms with van der Waals surface area (Å²) in [4.78, 5) is 18.6. The van der Waals surface area contributed by atoms with Crippen LogP contribution in [0.5, 0.6) is 0 Å². The third-order valence-corrected chi connectivity index (χ3v) is 4.21. The van der Waals surface area contributed by atoms with Crippen LogP contribution in [-0.4, -0.2) is 32.6 Å². The van der Waals surface area contributed by atoms with Crippen LogP contribution in [-0.2, 0) is 0 Å². The third-order valence-electron chi connectivity index (χ3n) is 4.21. The third kappa shape index (κ3) is 3.42. The van der Waals surface area contributed by atoms with Gasteiger partial charge in [-0.2, -0.15) is 0 Å². The molecule has 0 fully saturated rings. The number of halogens is 1. The average Bonchev–Trinajstić information content (AvgIpc) is 3.03. The zero-order chi connectivity index (χ0) is 18.0. The van der Waals surface area contributed by atoms with Crippen molar-refractivity contribution in [3.05, 3.63) is 77.6 Å². The van der Waals surface area contributed by atoms with E-state index in [1.807, 2.05) is 37.3 Å². The van der Waals surface area contributed by atoms with Gasteiger partial charge in [0.1, 0.15) is 11.6 Å². The molecule has 0 saturated carbocycles. The molecule has 5 nitrogen and oxygen atoms in total. The Kier molecular flexibility index (Phi) is 4.61. The summed E-state index contributed by atoms with van der Waals surface area (Å²) in [5, 5.41) is 4.30. The van der Waals surface area contributed by atoms with Gasteiger partial charge in [0.25, 0.3) is 5.91 Å². The van der Waals surface area contributed by atoms with Crippen molar-refractivity contribution >= 4 is 5.91 Å². The van der Waals surface area contributed by atoms with Gasteiger partial charge in [0, 0.05) is 7.05 Å². The Morgan fingerprint density at radius 2 is 1.76 bits per heavy atom. The molecule has 0 bridgehead atoms. The van der Waals surface area contributed by atoms with Crippen molar-refractivity contribution in [1.29, 1.82) is 0 Å². The lowest BCUT2D eigenvalue weighted by Crippen LogP contribution is -2.30. The lowest BCUT2D eigenvalue weighted by Gasteiger charge is -2.24. The van der Waals surface area contributed by atoms with Gasteiger partial charge in [0.2, 0.25) is 5.82 Å². The zero-order valence-electron chi connectivity index (χ0n) is 14.3. The van der Waals surface area contributed by atoms with Crippen LogP contribution in [0.2, 0.25) is 0 Å². The number of aromatic nitrogens is 3. The first-order valence-electron chi connectivity index (χ1n) is 7.99. The molecule has 3 rings (SSSR count). The quantitative estimate of drug-likeness (QED) is 0.731. The van der Waals surface area contributed by atoms with Crippen LogP contribution >= 0.6 is 0 Å². The van der Waals surface area contributed by atoms with E-state index in [9.17, 15) is 9.18 Å². The van der Waals surface area contributed by atoms with Gasteiger partial charge in [-0.15, -0.1) is 5.10 Å². The first-order valence-corrected chi connectivity index (χ1v) is 7.99. The van der Waals surface area contributed by atoms with Crippen LogP contribution < -0.4 is 0 Å². The second-order valence-electron chi connectivity index (χ2n) is 5.87. The fraction of sp³-hybridized carbons (Fsp3) is 0.211. The molecule has 6 heteroatoms. The predicted molar refractivity (Wildman–Crippen MR) is 93.0 cm³/mol. The summed E-state index contributed by atoms with van der Waals surface area (Å²) in [7, 11) is 1.73. The molecular formula is C19H19FN4O. The zero-order valence-corrected chi connectivity index (χ0v) is 14.3. The van der Waals surface area contributed by atoms with E-state index >= 15 is 0 Å². The van der Waals surface area contributed by atoms with E-state index < -0.39 is 0 Å². The van der Waals surface area contributed by atoms with E-state index in [2.05, 4.69) is 10.1 Å². The van der Waals surface area contributed by atoms with Crippen molar-refractivity contribution < 1.29 is 9.18 Å². The van der Waals surface area contributed by atoms with E-state index in [0.717, 1.165) is 5.56 Å². The molecule has 1 aromatic heterocycles. The van der Waals surface area contributed by atoms with Crippen LogP contribution in [0, 0.1) is 12.7 Å². The maximum absolute atomic E-state index is 13.1. The molecule has 128 valence electrons. The normalized spacial score (nSPS) is 12.0. The molecule has 0 saturated heterocycles. The van der Waals surface area contributed by atoms with Crippen LogP contribution in [0.4, 0.5) is 4.39 Å². The SMILES string of the molecule is Cc1nc(C(=O)N(C)C(C)c2ccccc2)nn1-c1ccc(F)cc1. The molecule has 0 aliphatic carbocycles. The maximum Gasteiger partial charge on any atom is 0.293 e. The van der Waals surface area contributed by atoms with Crippen molar-refractivity contribution in [2.24, 2.45) is 0 Å². The van der Waals surface area contributed by atoms with E-state index in [4.69, 9.17) is 0 Å². The molecule has 0 spiro atoms. The standard InChI is InChI=1S/C19H19FN4O/c1-13(15-7-5-4-6-8-15)23(3)19(25)18-21-14(2)24(22-18)17-11-9-16(20)10-12-17/h4-13H,1-3H3. The Balaban J connectivity index is 1.85. The first kappa shape index (κ1) is 16.8. The lowest BCUT2D eigenvalue weighted by atomic mass is 10.1. The number of hydrogen-bond donors (Lipinski definition) is 0. The highest BCUT2D eigenvalue weighted by atomic mass is 19.1. The van der Waals surface area contributed by atoms with Crippen molar-refractivity contribution in [3.8, 4) is 5.69 Å². The minimum Gasteiger partial charge on any atom is -0.332 e. The minimum atomic E-state index is -0.325. The van der Waals surface area contributed by atoms with E-state index in [1.165, 1.54) is 16.8 Å². The van der Waals surface area contributed by atoms with E-state index in [0.29, 0.717) is 11.5 Å². The van der Waals surface area contributed by atoms with Crippen LogP contribution in [0.3, 0.4) is 0 Å². The van der Waals surface area contributed by atoms with Gasteiger partial charge in [0.05, 0.1) is 11.7 Å². The lowest BCUT2D eigenvalue weighted by molar-refractivity contribution is 0.0730. The summed E-state index contributed by atoms with van der Waals surface area (Å²) in [6.07, 6.45) is 0. The number of rotatable bonds is 4. The minimum absolute atomic E-state index is 0.105. The topological polar surface area (TPSA) is 51.0 Å². The van der Waals surface area contributed by atoms with Gasteiger partial charge in [-0.05, 0) is 43.7 Å². The van der Waals surface area contributed by atoms with Gasteiger partial charge < -0.3 is 4.90 Å². The molecule has 0 aliphatic heterocycles. The molecule has 0 aliphatic rings. The number of nitrogens with zero attached hydrogens (tertiary/aromatic N) is 4. The highest BCUT2D eigenvalue weighted by Gasteiger charge is 2.23. The molecule has 1 heterocycles.